The van der Waals surface area contributed by atoms with Crippen molar-refractivity contribution in [3.63, 3.8) is 0 Å². The highest BCUT2D eigenvalue weighted by Crippen LogP contribution is 2.28. The van der Waals surface area contributed by atoms with Gasteiger partial charge in [-0.25, -0.2) is 0 Å². The average Bonchev–Trinajstić information content (AvgIpc) is 2.43. The molecule has 0 fully saturated rings. The van der Waals surface area contributed by atoms with E-state index in [2.05, 4.69) is 0 Å². The van der Waals surface area contributed by atoms with Gasteiger partial charge in [0.25, 0.3) is 0 Å². The second-order valence-electron chi connectivity index (χ2n) is 5.07. The van der Waals surface area contributed by atoms with Crippen LogP contribution in [0.15, 0.2) is 42.5 Å². The van der Waals surface area contributed by atoms with Gasteiger partial charge in [0.2, 0.25) is 0 Å². The van der Waals surface area contributed by atoms with Gasteiger partial charge in [-0.2, -0.15) is 0 Å². The Hall–Kier alpha value is -1.22. The number of ether oxygens (including phenoxy) is 1. The first-order valence-electron chi connectivity index (χ1n) is 6.30. The van der Waals surface area contributed by atoms with E-state index < -0.39 is 5.54 Å². The van der Waals surface area contributed by atoms with Gasteiger partial charge in [0.05, 0.1) is 17.2 Å². The molecule has 0 amide bonds. The molecule has 0 aromatic heterocycles. The standard InChI is InChI=1S/C16H17Cl2NO/c1-16(19,12-4-6-13(20-2)7-5-12)10-11-3-8-14(17)15(18)9-11/h3-9H,10,19H2,1-2H3. The van der Waals surface area contributed by atoms with Crippen molar-refractivity contribution in [2.45, 2.75) is 18.9 Å². The minimum atomic E-state index is -0.483. The Balaban J connectivity index is 2.22. The topological polar surface area (TPSA) is 35.2 Å². The number of nitrogens with two attached hydrogens (primary N) is 1. The molecule has 0 heterocycles. The van der Waals surface area contributed by atoms with Crippen molar-refractivity contribution in [3.8, 4) is 5.75 Å². The molecule has 0 aliphatic carbocycles. The molecule has 0 saturated heterocycles. The van der Waals surface area contributed by atoms with Crippen LogP contribution < -0.4 is 10.5 Å². The Kier molecular flexibility index (Phi) is 4.59. The summed E-state index contributed by atoms with van der Waals surface area (Å²) in [5.74, 6) is 0.819. The maximum absolute atomic E-state index is 6.43. The van der Waals surface area contributed by atoms with Crippen LogP contribution in [-0.2, 0) is 12.0 Å². The lowest BCUT2D eigenvalue weighted by molar-refractivity contribution is 0.413. The Morgan fingerprint density at radius 1 is 1.05 bits per heavy atom. The van der Waals surface area contributed by atoms with Crippen LogP contribution in [0.25, 0.3) is 0 Å². The lowest BCUT2D eigenvalue weighted by Crippen LogP contribution is -2.35. The van der Waals surface area contributed by atoms with Gasteiger partial charge in [-0.3, -0.25) is 0 Å². The SMILES string of the molecule is COc1ccc(C(C)(N)Cc2ccc(Cl)c(Cl)c2)cc1. The molecule has 0 bridgehead atoms. The van der Waals surface area contributed by atoms with Crippen LogP contribution in [0.5, 0.6) is 5.75 Å². The summed E-state index contributed by atoms with van der Waals surface area (Å²) in [7, 11) is 1.65. The van der Waals surface area contributed by atoms with Crippen molar-refractivity contribution < 1.29 is 4.74 Å². The first-order valence-corrected chi connectivity index (χ1v) is 7.05. The Bertz CT molecular complexity index is 594. The number of halogens is 2. The van der Waals surface area contributed by atoms with Gasteiger partial charge in [0, 0.05) is 5.54 Å². The lowest BCUT2D eigenvalue weighted by atomic mass is 9.86. The third kappa shape index (κ3) is 3.45. The maximum atomic E-state index is 6.43. The van der Waals surface area contributed by atoms with Crippen LogP contribution in [0.1, 0.15) is 18.1 Å². The van der Waals surface area contributed by atoms with Gasteiger partial charge in [-0.05, 0) is 48.7 Å². The molecule has 2 aromatic carbocycles. The van der Waals surface area contributed by atoms with E-state index >= 15 is 0 Å². The maximum Gasteiger partial charge on any atom is 0.118 e. The molecule has 20 heavy (non-hydrogen) atoms. The highest BCUT2D eigenvalue weighted by atomic mass is 35.5. The molecule has 2 aromatic rings. The van der Waals surface area contributed by atoms with E-state index in [0.29, 0.717) is 16.5 Å². The van der Waals surface area contributed by atoms with E-state index in [0.717, 1.165) is 16.9 Å². The molecular weight excluding hydrogens is 293 g/mol. The number of hydrogen-bond acceptors (Lipinski definition) is 2. The molecule has 0 aliphatic heterocycles. The van der Waals surface area contributed by atoms with Crippen molar-refractivity contribution in [2.24, 2.45) is 5.73 Å². The summed E-state index contributed by atoms with van der Waals surface area (Å²) in [5.41, 5.74) is 8.05. The molecule has 1 atom stereocenters. The molecule has 0 spiro atoms. The Morgan fingerprint density at radius 2 is 1.70 bits per heavy atom. The van der Waals surface area contributed by atoms with Crippen molar-refractivity contribution in [3.05, 3.63) is 63.6 Å². The van der Waals surface area contributed by atoms with E-state index in [1.807, 2.05) is 43.3 Å². The van der Waals surface area contributed by atoms with E-state index in [9.17, 15) is 0 Å². The fraction of sp³-hybridized carbons (Fsp3) is 0.250. The van der Waals surface area contributed by atoms with Crippen molar-refractivity contribution in [1.29, 1.82) is 0 Å². The van der Waals surface area contributed by atoms with Crippen molar-refractivity contribution >= 4 is 23.2 Å². The minimum Gasteiger partial charge on any atom is -0.497 e. The van der Waals surface area contributed by atoms with Gasteiger partial charge in [-0.15, -0.1) is 0 Å². The Labute approximate surface area is 129 Å². The minimum absolute atomic E-state index is 0.483. The number of benzene rings is 2. The molecule has 1 unspecified atom stereocenters. The first kappa shape index (κ1) is 15.2. The Morgan fingerprint density at radius 3 is 2.25 bits per heavy atom. The average molecular weight is 310 g/mol. The number of hydrogen-bond donors (Lipinski definition) is 1. The van der Waals surface area contributed by atoms with E-state index in [-0.39, 0.29) is 0 Å². The van der Waals surface area contributed by atoms with Gasteiger partial charge in [-0.1, -0.05) is 41.4 Å². The van der Waals surface area contributed by atoms with Gasteiger partial charge < -0.3 is 10.5 Å². The molecule has 0 radical (unpaired) electrons. The largest absolute Gasteiger partial charge is 0.497 e. The molecule has 0 saturated carbocycles. The van der Waals surface area contributed by atoms with E-state index in [4.69, 9.17) is 33.7 Å². The smallest absolute Gasteiger partial charge is 0.118 e. The van der Waals surface area contributed by atoms with Gasteiger partial charge >= 0.3 is 0 Å². The summed E-state index contributed by atoms with van der Waals surface area (Å²) < 4.78 is 5.16. The van der Waals surface area contributed by atoms with Crippen LogP contribution >= 0.6 is 23.2 Å². The fourth-order valence-electron chi connectivity index (χ4n) is 2.15. The van der Waals surface area contributed by atoms with E-state index in [1.54, 1.807) is 13.2 Å². The van der Waals surface area contributed by atoms with Crippen molar-refractivity contribution in [1.82, 2.24) is 0 Å². The predicted molar refractivity (Wildman–Crippen MR) is 84.7 cm³/mol. The second-order valence-corrected chi connectivity index (χ2v) is 5.89. The summed E-state index contributed by atoms with van der Waals surface area (Å²) >= 11 is 12.0. The van der Waals surface area contributed by atoms with Crippen LogP contribution in [0.2, 0.25) is 10.0 Å². The zero-order chi connectivity index (χ0) is 14.8. The van der Waals surface area contributed by atoms with Crippen LogP contribution in [0, 0.1) is 0 Å². The number of methoxy groups -OCH3 is 1. The molecule has 2 N–H and O–H groups in total. The predicted octanol–water partition coefficient (Wildman–Crippen LogP) is 4.42. The van der Waals surface area contributed by atoms with Gasteiger partial charge in [0.1, 0.15) is 5.75 Å². The highest BCUT2D eigenvalue weighted by Gasteiger charge is 2.22. The second kappa shape index (κ2) is 6.04. The zero-order valence-corrected chi connectivity index (χ0v) is 13.0. The lowest BCUT2D eigenvalue weighted by Gasteiger charge is -2.26. The molecule has 0 aliphatic rings. The molecule has 2 rings (SSSR count). The molecule has 2 nitrogen and oxygen atoms in total. The summed E-state index contributed by atoms with van der Waals surface area (Å²) in [4.78, 5) is 0. The van der Waals surface area contributed by atoms with Gasteiger partial charge in [0.15, 0.2) is 0 Å². The molecule has 106 valence electrons. The first-order chi connectivity index (χ1) is 9.42. The molecule has 4 heteroatoms. The summed E-state index contributed by atoms with van der Waals surface area (Å²) in [6.45, 7) is 2.00. The van der Waals surface area contributed by atoms with Crippen molar-refractivity contribution in [2.75, 3.05) is 7.11 Å². The summed E-state index contributed by atoms with van der Waals surface area (Å²) in [5, 5.41) is 1.10. The summed E-state index contributed by atoms with van der Waals surface area (Å²) in [6, 6.07) is 13.4. The van der Waals surface area contributed by atoms with Crippen LogP contribution in [-0.4, -0.2) is 7.11 Å². The monoisotopic (exact) mass is 309 g/mol. The quantitative estimate of drug-likeness (QED) is 0.907. The highest BCUT2D eigenvalue weighted by molar-refractivity contribution is 6.42. The fourth-order valence-corrected chi connectivity index (χ4v) is 2.47. The van der Waals surface area contributed by atoms with E-state index in [1.165, 1.54) is 0 Å². The normalized spacial score (nSPS) is 13.8. The number of rotatable bonds is 4. The van der Waals surface area contributed by atoms with Crippen LogP contribution in [0.4, 0.5) is 0 Å². The third-order valence-corrected chi connectivity index (χ3v) is 4.04. The third-order valence-electron chi connectivity index (χ3n) is 3.30. The summed E-state index contributed by atoms with van der Waals surface area (Å²) in [6.07, 6.45) is 0.677. The molecular formula is C16H17Cl2NO. The zero-order valence-electron chi connectivity index (χ0n) is 11.5. The van der Waals surface area contributed by atoms with Crippen LogP contribution in [0.3, 0.4) is 0 Å².